The van der Waals surface area contributed by atoms with E-state index in [1.807, 2.05) is 0 Å². The number of hydrogen-bond acceptors (Lipinski definition) is 3. The first kappa shape index (κ1) is 10.3. The quantitative estimate of drug-likeness (QED) is 0.577. The Hall–Kier alpha value is -2.24. The molecule has 0 N–H and O–H groups in total. The van der Waals surface area contributed by atoms with Crippen molar-refractivity contribution in [3.63, 3.8) is 0 Å². The highest BCUT2D eigenvalue weighted by molar-refractivity contribution is 5.52. The number of aromatic nitrogens is 2. The molecule has 0 fully saturated rings. The van der Waals surface area contributed by atoms with Gasteiger partial charge in [0.1, 0.15) is 5.69 Å². The van der Waals surface area contributed by atoms with Crippen LogP contribution in [0.15, 0.2) is 30.6 Å². The van der Waals surface area contributed by atoms with Crippen LogP contribution in [0.3, 0.4) is 0 Å². The number of nitro benzene ring substituents is 1. The number of nitrogens with zero attached hydrogens (tertiary/aromatic N) is 3. The van der Waals surface area contributed by atoms with Crippen molar-refractivity contribution in [2.24, 2.45) is 0 Å². The predicted molar refractivity (Wildman–Crippen MR) is 54.9 cm³/mol. The maximum Gasteiger partial charge on any atom is 0.330 e. The van der Waals surface area contributed by atoms with E-state index in [-0.39, 0.29) is 5.69 Å². The highest BCUT2D eigenvalue weighted by Gasteiger charge is 2.21. The maximum atomic E-state index is 13.3. The summed E-state index contributed by atoms with van der Waals surface area (Å²) in [6.45, 7) is 1.80. The molecule has 5 nitrogen and oxygen atoms in total. The highest BCUT2D eigenvalue weighted by Crippen LogP contribution is 2.25. The van der Waals surface area contributed by atoms with Gasteiger partial charge in [0.25, 0.3) is 0 Å². The first-order valence-electron chi connectivity index (χ1n) is 4.54. The summed E-state index contributed by atoms with van der Waals surface area (Å²) in [4.78, 5) is 10.00. The molecule has 82 valence electrons. The summed E-state index contributed by atoms with van der Waals surface area (Å²) in [5, 5.41) is 14.7. The number of rotatable bonds is 2. The summed E-state index contributed by atoms with van der Waals surface area (Å²) in [6, 6.07) is 3.92. The smallest absolute Gasteiger partial charge is 0.258 e. The summed E-state index contributed by atoms with van der Waals surface area (Å²) in [5.74, 6) is -0.865. The van der Waals surface area contributed by atoms with Crippen molar-refractivity contribution in [1.82, 2.24) is 9.78 Å². The minimum absolute atomic E-state index is 0.123. The van der Waals surface area contributed by atoms with Crippen LogP contribution in [0.1, 0.15) is 5.56 Å². The van der Waals surface area contributed by atoms with Crippen molar-refractivity contribution in [1.29, 1.82) is 0 Å². The van der Waals surface area contributed by atoms with Gasteiger partial charge in [-0.25, -0.2) is 4.68 Å². The first-order valence-corrected chi connectivity index (χ1v) is 4.54. The number of halogens is 1. The standard InChI is InChI=1S/C10H8FN3O2/c1-7-5-12-13(6-7)9-4-2-3-8(11)10(9)14(15)16/h2-6H,1H3. The molecule has 0 spiro atoms. The minimum Gasteiger partial charge on any atom is -0.258 e. The average Bonchev–Trinajstić information content (AvgIpc) is 2.63. The lowest BCUT2D eigenvalue weighted by molar-refractivity contribution is -0.387. The molecule has 0 aliphatic rings. The molecule has 0 amide bonds. The van der Waals surface area contributed by atoms with Gasteiger partial charge >= 0.3 is 5.69 Å². The van der Waals surface area contributed by atoms with E-state index in [9.17, 15) is 14.5 Å². The minimum atomic E-state index is -0.865. The van der Waals surface area contributed by atoms with Gasteiger partial charge in [0, 0.05) is 6.20 Å². The van der Waals surface area contributed by atoms with E-state index in [4.69, 9.17) is 0 Å². The SMILES string of the molecule is Cc1cnn(-c2cccc(F)c2[N+](=O)[O-])c1. The summed E-state index contributed by atoms with van der Waals surface area (Å²) in [6.07, 6.45) is 3.15. The van der Waals surface area contributed by atoms with E-state index >= 15 is 0 Å². The van der Waals surface area contributed by atoms with Crippen LogP contribution in [0.25, 0.3) is 5.69 Å². The maximum absolute atomic E-state index is 13.3. The lowest BCUT2D eigenvalue weighted by Gasteiger charge is -2.02. The molecule has 0 saturated carbocycles. The van der Waals surface area contributed by atoms with Gasteiger partial charge in [0.05, 0.1) is 11.1 Å². The van der Waals surface area contributed by atoms with Crippen LogP contribution >= 0.6 is 0 Å². The van der Waals surface area contributed by atoms with E-state index in [0.29, 0.717) is 0 Å². The van der Waals surface area contributed by atoms with Crippen LogP contribution in [0.2, 0.25) is 0 Å². The van der Waals surface area contributed by atoms with Crippen molar-refractivity contribution < 1.29 is 9.31 Å². The second-order valence-electron chi connectivity index (χ2n) is 3.33. The fourth-order valence-electron chi connectivity index (χ4n) is 1.41. The Balaban J connectivity index is 2.65. The molecule has 0 aliphatic heterocycles. The molecule has 1 aromatic carbocycles. The van der Waals surface area contributed by atoms with Gasteiger partial charge in [0.2, 0.25) is 5.82 Å². The normalized spacial score (nSPS) is 10.4. The number of benzene rings is 1. The van der Waals surface area contributed by atoms with E-state index in [0.717, 1.165) is 11.6 Å². The van der Waals surface area contributed by atoms with Crippen LogP contribution < -0.4 is 0 Å². The lowest BCUT2D eigenvalue weighted by atomic mass is 10.2. The predicted octanol–water partition coefficient (Wildman–Crippen LogP) is 2.23. The molecule has 6 heteroatoms. The summed E-state index contributed by atoms with van der Waals surface area (Å²) in [7, 11) is 0. The van der Waals surface area contributed by atoms with E-state index in [2.05, 4.69) is 5.10 Å². The van der Waals surface area contributed by atoms with Gasteiger partial charge in [-0.05, 0) is 24.6 Å². The van der Waals surface area contributed by atoms with Crippen LogP contribution in [-0.2, 0) is 0 Å². The summed E-state index contributed by atoms with van der Waals surface area (Å²) in [5.41, 5.74) is 0.405. The molecular weight excluding hydrogens is 213 g/mol. The van der Waals surface area contributed by atoms with E-state index in [1.165, 1.54) is 16.8 Å². The number of nitro groups is 1. The monoisotopic (exact) mass is 221 g/mol. The van der Waals surface area contributed by atoms with Crippen LogP contribution in [0, 0.1) is 22.9 Å². The Morgan fingerprint density at radius 1 is 1.50 bits per heavy atom. The number of para-hydroxylation sites is 1. The molecule has 1 aromatic heterocycles. The van der Waals surface area contributed by atoms with Crippen molar-refractivity contribution in [2.75, 3.05) is 0 Å². The molecule has 2 rings (SSSR count). The molecular formula is C10H8FN3O2. The van der Waals surface area contributed by atoms with Crippen molar-refractivity contribution in [2.45, 2.75) is 6.92 Å². The van der Waals surface area contributed by atoms with Crippen molar-refractivity contribution in [3.8, 4) is 5.69 Å². The van der Waals surface area contributed by atoms with E-state index < -0.39 is 16.4 Å². The Labute approximate surface area is 90.3 Å². The third-order valence-electron chi connectivity index (χ3n) is 2.11. The largest absolute Gasteiger partial charge is 0.330 e. The average molecular weight is 221 g/mol. The summed E-state index contributed by atoms with van der Waals surface area (Å²) >= 11 is 0. The first-order chi connectivity index (χ1) is 7.59. The van der Waals surface area contributed by atoms with Crippen molar-refractivity contribution >= 4 is 5.69 Å². The number of aryl methyl sites for hydroxylation is 1. The van der Waals surface area contributed by atoms with Gasteiger partial charge in [-0.1, -0.05) is 6.07 Å². The van der Waals surface area contributed by atoms with Gasteiger partial charge < -0.3 is 0 Å². The van der Waals surface area contributed by atoms with Crippen LogP contribution in [0.5, 0.6) is 0 Å². The molecule has 0 unspecified atom stereocenters. The fourth-order valence-corrected chi connectivity index (χ4v) is 1.41. The van der Waals surface area contributed by atoms with Gasteiger partial charge in [-0.3, -0.25) is 10.1 Å². The second kappa shape index (κ2) is 3.73. The molecule has 1 heterocycles. The second-order valence-corrected chi connectivity index (χ2v) is 3.33. The molecule has 2 aromatic rings. The van der Waals surface area contributed by atoms with Gasteiger partial charge in [0.15, 0.2) is 0 Å². The Morgan fingerprint density at radius 2 is 2.25 bits per heavy atom. The lowest BCUT2D eigenvalue weighted by Crippen LogP contribution is -2.02. The Kier molecular flexibility index (Phi) is 2.40. The third-order valence-corrected chi connectivity index (χ3v) is 2.11. The van der Waals surface area contributed by atoms with Gasteiger partial charge in [-0.2, -0.15) is 9.49 Å². The zero-order valence-corrected chi connectivity index (χ0v) is 8.42. The summed E-state index contributed by atoms with van der Waals surface area (Å²) < 4.78 is 14.6. The van der Waals surface area contributed by atoms with Crippen LogP contribution in [-0.4, -0.2) is 14.7 Å². The van der Waals surface area contributed by atoms with Crippen LogP contribution in [0.4, 0.5) is 10.1 Å². The molecule has 0 radical (unpaired) electrons. The zero-order chi connectivity index (χ0) is 11.7. The van der Waals surface area contributed by atoms with E-state index in [1.54, 1.807) is 19.3 Å². The third kappa shape index (κ3) is 1.65. The Morgan fingerprint density at radius 3 is 2.81 bits per heavy atom. The molecule has 0 bridgehead atoms. The van der Waals surface area contributed by atoms with Crippen molar-refractivity contribution in [3.05, 3.63) is 52.1 Å². The number of hydrogen-bond donors (Lipinski definition) is 0. The molecule has 0 aliphatic carbocycles. The highest BCUT2D eigenvalue weighted by atomic mass is 19.1. The topological polar surface area (TPSA) is 61.0 Å². The fraction of sp³-hybridized carbons (Fsp3) is 0.100. The zero-order valence-electron chi connectivity index (χ0n) is 8.42. The molecule has 0 saturated heterocycles. The van der Waals surface area contributed by atoms with Gasteiger partial charge in [-0.15, -0.1) is 0 Å². The molecule has 16 heavy (non-hydrogen) atoms. The molecule has 0 atom stereocenters. The Bertz CT molecular complexity index is 551.